The standard InChI is InChI=1S/C30H24N2O2S/c1-22-29-28(30(24-15-7-3-8-16-24)31(22)21-23-13-5-2-6-14-23)26-19-11-12-20-27(26)32(29)35(33,34)25-17-9-4-10-18-25/h2-20H,21H2,1H3. The molecule has 0 aliphatic carbocycles. The fraction of sp³-hybridized carbons (Fsp3) is 0.0667. The van der Waals surface area contributed by atoms with Crippen LogP contribution in [-0.2, 0) is 16.6 Å². The van der Waals surface area contributed by atoms with E-state index in [0.29, 0.717) is 12.1 Å². The van der Waals surface area contributed by atoms with Crippen LogP contribution in [0.2, 0.25) is 0 Å². The fourth-order valence-electron chi connectivity index (χ4n) is 5.02. The number of benzene rings is 4. The van der Waals surface area contributed by atoms with E-state index >= 15 is 0 Å². The lowest BCUT2D eigenvalue weighted by atomic mass is 10.1. The van der Waals surface area contributed by atoms with Crippen molar-refractivity contribution in [2.24, 2.45) is 0 Å². The minimum atomic E-state index is -3.83. The van der Waals surface area contributed by atoms with E-state index in [0.717, 1.165) is 38.8 Å². The molecule has 2 aromatic heterocycles. The summed E-state index contributed by atoms with van der Waals surface area (Å²) in [4.78, 5) is 0.277. The Hall–Kier alpha value is -4.09. The largest absolute Gasteiger partial charge is 0.338 e. The van der Waals surface area contributed by atoms with Crippen molar-refractivity contribution in [2.45, 2.75) is 18.4 Å². The molecule has 0 aliphatic rings. The third kappa shape index (κ3) is 3.39. The number of rotatable bonds is 5. The topological polar surface area (TPSA) is 44.0 Å². The lowest BCUT2D eigenvalue weighted by Gasteiger charge is -2.14. The summed E-state index contributed by atoms with van der Waals surface area (Å²) >= 11 is 0. The first kappa shape index (κ1) is 21.4. The predicted molar refractivity (Wildman–Crippen MR) is 142 cm³/mol. The van der Waals surface area contributed by atoms with E-state index in [1.54, 1.807) is 24.3 Å². The monoisotopic (exact) mass is 476 g/mol. The Balaban J connectivity index is 1.76. The molecular weight excluding hydrogens is 452 g/mol. The van der Waals surface area contributed by atoms with Crippen LogP contribution < -0.4 is 0 Å². The zero-order chi connectivity index (χ0) is 24.0. The van der Waals surface area contributed by atoms with Crippen molar-refractivity contribution in [1.82, 2.24) is 8.54 Å². The van der Waals surface area contributed by atoms with Crippen LogP contribution in [-0.4, -0.2) is 17.0 Å². The van der Waals surface area contributed by atoms with Crippen molar-refractivity contribution in [1.29, 1.82) is 0 Å². The molecule has 0 radical (unpaired) electrons. The molecule has 5 heteroatoms. The van der Waals surface area contributed by atoms with Gasteiger partial charge in [0.2, 0.25) is 0 Å². The van der Waals surface area contributed by atoms with E-state index in [1.807, 2.05) is 73.7 Å². The van der Waals surface area contributed by atoms with Crippen LogP contribution in [0.15, 0.2) is 120 Å². The van der Waals surface area contributed by atoms with E-state index in [4.69, 9.17) is 0 Å². The highest BCUT2D eigenvalue weighted by Gasteiger charge is 2.29. The summed E-state index contributed by atoms with van der Waals surface area (Å²) in [7, 11) is -3.83. The van der Waals surface area contributed by atoms with E-state index < -0.39 is 10.0 Å². The summed E-state index contributed by atoms with van der Waals surface area (Å²) in [5.74, 6) is 0. The Morgan fingerprint density at radius 3 is 1.94 bits per heavy atom. The van der Waals surface area contributed by atoms with Gasteiger partial charge in [0.05, 0.1) is 21.6 Å². The number of hydrogen-bond acceptors (Lipinski definition) is 2. The van der Waals surface area contributed by atoms with Gasteiger partial charge in [0.15, 0.2) is 0 Å². The van der Waals surface area contributed by atoms with Gasteiger partial charge in [-0.2, -0.15) is 0 Å². The van der Waals surface area contributed by atoms with Crippen LogP contribution in [0.25, 0.3) is 33.1 Å². The average Bonchev–Trinajstić information content (AvgIpc) is 3.38. The molecular formula is C30H24N2O2S. The molecule has 0 saturated heterocycles. The maximum atomic E-state index is 14.0. The van der Waals surface area contributed by atoms with Gasteiger partial charge in [0.25, 0.3) is 10.0 Å². The number of nitrogens with zero attached hydrogens (tertiary/aromatic N) is 2. The molecule has 2 heterocycles. The molecule has 0 aliphatic heterocycles. The average molecular weight is 477 g/mol. The van der Waals surface area contributed by atoms with Gasteiger partial charge in [0.1, 0.15) is 0 Å². The Morgan fingerprint density at radius 2 is 1.26 bits per heavy atom. The molecule has 0 unspecified atom stereocenters. The van der Waals surface area contributed by atoms with Crippen molar-refractivity contribution < 1.29 is 8.42 Å². The van der Waals surface area contributed by atoms with E-state index in [-0.39, 0.29) is 4.90 Å². The van der Waals surface area contributed by atoms with Crippen LogP contribution in [0.4, 0.5) is 0 Å². The van der Waals surface area contributed by atoms with Gasteiger partial charge >= 0.3 is 0 Å². The molecule has 0 saturated carbocycles. The number of hydrogen-bond donors (Lipinski definition) is 0. The molecule has 0 bridgehead atoms. The lowest BCUT2D eigenvalue weighted by molar-refractivity contribution is 0.590. The Labute approximate surface area is 204 Å². The molecule has 0 amide bonds. The predicted octanol–water partition coefficient (Wildman–Crippen LogP) is 6.86. The molecule has 0 atom stereocenters. The highest BCUT2D eigenvalue weighted by molar-refractivity contribution is 7.90. The third-order valence-corrected chi connectivity index (χ3v) is 8.33. The van der Waals surface area contributed by atoms with Crippen LogP contribution >= 0.6 is 0 Å². The molecule has 6 aromatic rings. The first-order chi connectivity index (χ1) is 17.1. The smallest absolute Gasteiger partial charge is 0.268 e. The summed E-state index contributed by atoms with van der Waals surface area (Å²) < 4.78 is 31.9. The van der Waals surface area contributed by atoms with Crippen LogP contribution in [0.1, 0.15) is 11.3 Å². The van der Waals surface area contributed by atoms with E-state index in [1.165, 1.54) is 3.97 Å². The minimum absolute atomic E-state index is 0.277. The SMILES string of the molecule is Cc1c2c(c(-c3ccccc3)n1Cc1ccccc1)c1ccccc1n2S(=O)(=O)c1ccccc1. The molecule has 0 spiro atoms. The molecule has 35 heavy (non-hydrogen) atoms. The quantitative estimate of drug-likeness (QED) is 0.273. The Morgan fingerprint density at radius 1 is 0.686 bits per heavy atom. The van der Waals surface area contributed by atoms with Crippen LogP contribution in [0.3, 0.4) is 0 Å². The van der Waals surface area contributed by atoms with Crippen molar-refractivity contribution in [2.75, 3.05) is 0 Å². The summed E-state index contributed by atoms with van der Waals surface area (Å²) in [6.07, 6.45) is 0. The van der Waals surface area contributed by atoms with Gasteiger partial charge in [0, 0.05) is 23.0 Å². The second-order valence-electron chi connectivity index (χ2n) is 8.70. The van der Waals surface area contributed by atoms with Gasteiger partial charge in [-0.3, -0.25) is 0 Å². The molecule has 0 N–H and O–H groups in total. The first-order valence-corrected chi connectivity index (χ1v) is 13.0. The number of aromatic nitrogens is 2. The summed E-state index contributed by atoms with van der Waals surface area (Å²) in [6, 6.07) is 37.0. The highest BCUT2D eigenvalue weighted by Crippen LogP contribution is 2.42. The zero-order valence-electron chi connectivity index (χ0n) is 19.3. The lowest BCUT2D eigenvalue weighted by Crippen LogP contribution is -2.13. The Bertz CT molecular complexity index is 1770. The zero-order valence-corrected chi connectivity index (χ0v) is 20.1. The molecule has 4 nitrogen and oxygen atoms in total. The number of para-hydroxylation sites is 1. The minimum Gasteiger partial charge on any atom is -0.338 e. The normalized spacial score (nSPS) is 11.9. The van der Waals surface area contributed by atoms with Gasteiger partial charge in [-0.05, 0) is 36.2 Å². The molecule has 0 fully saturated rings. The maximum Gasteiger partial charge on any atom is 0.268 e. The summed E-state index contributed by atoms with van der Waals surface area (Å²) in [5, 5.41) is 1.88. The highest BCUT2D eigenvalue weighted by atomic mass is 32.2. The van der Waals surface area contributed by atoms with Gasteiger partial charge in [-0.25, -0.2) is 12.4 Å². The van der Waals surface area contributed by atoms with Crippen molar-refractivity contribution in [3.05, 3.63) is 127 Å². The van der Waals surface area contributed by atoms with E-state index in [2.05, 4.69) is 28.8 Å². The summed E-state index contributed by atoms with van der Waals surface area (Å²) in [5.41, 5.74) is 5.57. The van der Waals surface area contributed by atoms with E-state index in [9.17, 15) is 8.42 Å². The molecule has 4 aromatic carbocycles. The second kappa shape index (κ2) is 8.29. The fourth-order valence-corrected chi connectivity index (χ4v) is 6.61. The van der Waals surface area contributed by atoms with Crippen molar-refractivity contribution in [3.8, 4) is 11.3 Å². The molecule has 6 rings (SSSR count). The first-order valence-electron chi connectivity index (χ1n) is 11.6. The van der Waals surface area contributed by atoms with Crippen LogP contribution in [0.5, 0.6) is 0 Å². The number of aryl methyl sites for hydroxylation is 1. The van der Waals surface area contributed by atoms with Gasteiger partial charge in [-0.1, -0.05) is 97.1 Å². The van der Waals surface area contributed by atoms with Gasteiger partial charge < -0.3 is 4.57 Å². The molecule has 172 valence electrons. The van der Waals surface area contributed by atoms with Crippen molar-refractivity contribution >= 4 is 31.8 Å². The Kier molecular flexibility index (Phi) is 5.08. The summed E-state index contributed by atoms with van der Waals surface area (Å²) in [6.45, 7) is 2.67. The third-order valence-electron chi connectivity index (χ3n) is 6.60. The van der Waals surface area contributed by atoms with Gasteiger partial charge in [-0.15, -0.1) is 0 Å². The van der Waals surface area contributed by atoms with Crippen LogP contribution in [0, 0.1) is 6.92 Å². The maximum absolute atomic E-state index is 14.0. The number of fused-ring (bicyclic) bond motifs is 3. The van der Waals surface area contributed by atoms with Crippen molar-refractivity contribution in [3.63, 3.8) is 0 Å². The second-order valence-corrected chi connectivity index (χ2v) is 10.5.